The molecule has 0 radical (unpaired) electrons. The monoisotopic (exact) mass is 296 g/mol. The fourth-order valence-corrected chi connectivity index (χ4v) is 2.84. The molecular formula is C20H24O2. The lowest BCUT2D eigenvalue weighted by atomic mass is 9.92. The lowest BCUT2D eigenvalue weighted by Gasteiger charge is -2.16. The van der Waals surface area contributed by atoms with E-state index in [1.54, 1.807) is 6.08 Å². The highest BCUT2D eigenvalue weighted by molar-refractivity contribution is 5.60. The second kappa shape index (κ2) is 6.27. The third kappa shape index (κ3) is 3.16. The molecule has 22 heavy (non-hydrogen) atoms. The molecule has 0 aliphatic rings. The van der Waals surface area contributed by atoms with Gasteiger partial charge in [-0.3, -0.25) is 0 Å². The normalized spacial score (nSPS) is 11.0. The fourth-order valence-electron chi connectivity index (χ4n) is 2.84. The Hall–Kier alpha value is -2.22. The van der Waals surface area contributed by atoms with Crippen molar-refractivity contribution >= 4 is 6.08 Å². The van der Waals surface area contributed by atoms with Gasteiger partial charge in [0.05, 0.1) is 0 Å². The minimum Gasteiger partial charge on any atom is -0.507 e. The highest BCUT2D eigenvalue weighted by Gasteiger charge is 2.14. The Labute approximate surface area is 132 Å². The number of hydrogen-bond acceptors (Lipinski definition) is 2. The molecule has 0 aromatic heterocycles. The number of rotatable bonds is 4. The number of phenolic OH excluding ortho intramolecular Hbond substituents is 2. The molecule has 2 aromatic carbocycles. The van der Waals surface area contributed by atoms with Crippen molar-refractivity contribution in [2.24, 2.45) is 0 Å². The van der Waals surface area contributed by atoms with Crippen LogP contribution in [0.5, 0.6) is 11.5 Å². The summed E-state index contributed by atoms with van der Waals surface area (Å²) in [6.07, 6.45) is 2.16. The second-order valence-electron chi connectivity index (χ2n) is 6.26. The maximum absolute atomic E-state index is 10.5. The van der Waals surface area contributed by atoms with Crippen molar-refractivity contribution in [2.45, 2.75) is 40.0 Å². The summed E-state index contributed by atoms with van der Waals surface area (Å²) in [6.45, 7) is 11.9. The van der Waals surface area contributed by atoms with Crippen LogP contribution in [-0.2, 0) is 6.42 Å². The molecule has 0 fully saturated rings. The van der Waals surface area contributed by atoms with E-state index >= 15 is 0 Å². The van der Waals surface area contributed by atoms with Gasteiger partial charge in [0.25, 0.3) is 0 Å². The molecule has 116 valence electrons. The molecular weight excluding hydrogens is 272 g/mol. The SMILES string of the molecule is C=Cc1cc(C)cc(Cc2cc(C)cc(C(C)C)c2O)c1O. The van der Waals surface area contributed by atoms with Crippen molar-refractivity contribution in [1.82, 2.24) is 0 Å². The van der Waals surface area contributed by atoms with E-state index in [4.69, 9.17) is 0 Å². The van der Waals surface area contributed by atoms with Gasteiger partial charge in [0.15, 0.2) is 0 Å². The summed E-state index contributed by atoms with van der Waals surface area (Å²) in [6, 6.07) is 7.87. The zero-order chi connectivity index (χ0) is 16.4. The topological polar surface area (TPSA) is 40.5 Å². The van der Waals surface area contributed by atoms with Crippen LogP contribution in [0, 0.1) is 13.8 Å². The smallest absolute Gasteiger partial charge is 0.126 e. The quantitative estimate of drug-likeness (QED) is 0.826. The Morgan fingerprint density at radius 1 is 0.955 bits per heavy atom. The van der Waals surface area contributed by atoms with Gasteiger partial charge in [-0.25, -0.2) is 0 Å². The highest BCUT2D eigenvalue weighted by atomic mass is 16.3. The van der Waals surface area contributed by atoms with Gasteiger partial charge in [0, 0.05) is 12.0 Å². The lowest BCUT2D eigenvalue weighted by molar-refractivity contribution is 0.455. The van der Waals surface area contributed by atoms with E-state index in [1.165, 1.54) is 0 Å². The summed E-state index contributed by atoms with van der Waals surface area (Å²) in [5, 5.41) is 20.9. The first-order chi connectivity index (χ1) is 10.3. The average Bonchev–Trinajstić information content (AvgIpc) is 2.45. The Balaban J connectivity index is 2.52. The van der Waals surface area contributed by atoms with Crippen molar-refractivity contribution in [3.05, 3.63) is 64.2 Å². The summed E-state index contributed by atoms with van der Waals surface area (Å²) in [5.74, 6) is 0.836. The molecule has 0 aliphatic heterocycles. The van der Waals surface area contributed by atoms with E-state index in [9.17, 15) is 10.2 Å². The molecule has 2 N–H and O–H groups in total. The van der Waals surface area contributed by atoms with Gasteiger partial charge in [0.1, 0.15) is 11.5 Å². The predicted octanol–water partition coefficient (Wildman–Crippen LogP) is 5.07. The van der Waals surface area contributed by atoms with Crippen LogP contribution in [0.1, 0.15) is 53.1 Å². The number of aromatic hydroxyl groups is 2. The third-order valence-corrected chi connectivity index (χ3v) is 3.95. The van der Waals surface area contributed by atoms with Crippen LogP contribution in [0.25, 0.3) is 6.08 Å². The van der Waals surface area contributed by atoms with Gasteiger partial charge in [-0.1, -0.05) is 50.3 Å². The molecule has 2 aromatic rings. The zero-order valence-corrected chi connectivity index (χ0v) is 13.8. The molecule has 2 nitrogen and oxygen atoms in total. The Kier molecular flexibility index (Phi) is 4.60. The van der Waals surface area contributed by atoms with Crippen molar-refractivity contribution in [3.8, 4) is 11.5 Å². The summed E-state index contributed by atoms with van der Waals surface area (Å²) in [5.41, 5.74) is 5.52. The van der Waals surface area contributed by atoms with E-state index in [2.05, 4.69) is 20.4 Å². The van der Waals surface area contributed by atoms with Crippen LogP contribution in [0.2, 0.25) is 0 Å². The largest absolute Gasteiger partial charge is 0.507 e. The lowest BCUT2D eigenvalue weighted by Crippen LogP contribution is -1.98. The molecule has 0 aliphatic carbocycles. The molecule has 0 saturated carbocycles. The highest BCUT2D eigenvalue weighted by Crippen LogP contribution is 2.34. The van der Waals surface area contributed by atoms with Crippen LogP contribution in [0.3, 0.4) is 0 Å². The Morgan fingerprint density at radius 2 is 1.50 bits per heavy atom. The Bertz CT molecular complexity index is 712. The molecule has 0 heterocycles. The first-order valence-corrected chi connectivity index (χ1v) is 7.60. The molecule has 2 rings (SSSR count). The number of aryl methyl sites for hydroxylation is 2. The van der Waals surface area contributed by atoms with Gasteiger partial charge in [-0.15, -0.1) is 0 Å². The maximum Gasteiger partial charge on any atom is 0.126 e. The summed E-state index contributed by atoms with van der Waals surface area (Å²) < 4.78 is 0. The van der Waals surface area contributed by atoms with Gasteiger partial charge >= 0.3 is 0 Å². The number of phenols is 2. The van der Waals surface area contributed by atoms with Crippen LogP contribution >= 0.6 is 0 Å². The molecule has 2 heteroatoms. The first-order valence-electron chi connectivity index (χ1n) is 7.60. The molecule has 0 unspecified atom stereocenters. The maximum atomic E-state index is 10.5. The van der Waals surface area contributed by atoms with E-state index < -0.39 is 0 Å². The molecule has 0 amide bonds. The number of benzene rings is 2. The number of hydrogen-bond donors (Lipinski definition) is 2. The van der Waals surface area contributed by atoms with E-state index in [-0.39, 0.29) is 11.7 Å². The van der Waals surface area contributed by atoms with Crippen LogP contribution in [0.4, 0.5) is 0 Å². The van der Waals surface area contributed by atoms with Gasteiger partial charge < -0.3 is 10.2 Å². The van der Waals surface area contributed by atoms with Crippen LogP contribution in [-0.4, -0.2) is 10.2 Å². The van der Waals surface area contributed by atoms with Crippen molar-refractivity contribution in [3.63, 3.8) is 0 Å². The van der Waals surface area contributed by atoms with E-state index in [0.29, 0.717) is 12.2 Å². The van der Waals surface area contributed by atoms with Crippen LogP contribution < -0.4 is 0 Å². The second-order valence-corrected chi connectivity index (χ2v) is 6.26. The van der Waals surface area contributed by atoms with Crippen molar-refractivity contribution in [2.75, 3.05) is 0 Å². The first kappa shape index (κ1) is 16.2. The van der Waals surface area contributed by atoms with Crippen molar-refractivity contribution < 1.29 is 10.2 Å². The van der Waals surface area contributed by atoms with E-state index in [1.807, 2.05) is 38.1 Å². The Morgan fingerprint density at radius 3 is 2.05 bits per heavy atom. The molecule has 0 spiro atoms. The molecule has 0 bridgehead atoms. The summed E-state index contributed by atoms with van der Waals surface area (Å²) >= 11 is 0. The average molecular weight is 296 g/mol. The van der Waals surface area contributed by atoms with Gasteiger partial charge in [-0.2, -0.15) is 0 Å². The van der Waals surface area contributed by atoms with Crippen molar-refractivity contribution in [1.29, 1.82) is 0 Å². The van der Waals surface area contributed by atoms with Gasteiger partial charge in [-0.05, 0) is 48.1 Å². The third-order valence-electron chi connectivity index (χ3n) is 3.95. The minimum atomic E-state index is 0.243. The van der Waals surface area contributed by atoms with Crippen LogP contribution in [0.15, 0.2) is 30.8 Å². The summed E-state index contributed by atoms with van der Waals surface area (Å²) in [4.78, 5) is 0. The fraction of sp³-hybridized carbons (Fsp3) is 0.300. The van der Waals surface area contributed by atoms with E-state index in [0.717, 1.165) is 33.4 Å². The zero-order valence-electron chi connectivity index (χ0n) is 13.8. The standard InChI is InChI=1S/C20H24O2/c1-6-15-7-13(4)8-16(19(15)21)11-17-9-14(5)10-18(12(2)3)20(17)22/h6-10,12,21-22H,1,11H2,2-5H3. The predicted molar refractivity (Wildman–Crippen MR) is 92.7 cm³/mol. The minimum absolute atomic E-state index is 0.243. The summed E-state index contributed by atoms with van der Waals surface area (Å²) in [7, 11) is 0. The van der Waals surface area contributed by atoms with Gasteiger partial charge in [0.2, 0.25) is 0 Å². The molecule has 0 saturated heterocycles. The molecule has 0 atom stereocenters.